The molecule has 3 aliphatic rings. The van der Waals surface area contributed by atoms with Gasteiger partial charge in [-0.25, -0.2) is 0 Å². The van der Waals surface area contributed by atoms with E-state index in [2.05, 4.69) is 42.6 Å². The van der Waals surface area contributed by atoms with Crippen LogP contribution in [0.4, 0.5) is 5.69 Å². The van der Waals surface area contributed by atoms with Crippen molar-refractivity contribution in [3.8, 4) is 5.75 Å². The Labute approximate surface area is 207 Å². The smallest absolute Gasteiger partial charge is 0.119 e. The van der Waals surface area contributed by atoms with Gasteiger partial charge in [0.1, 0.15) is 5.75 Å². The molecule has 2 nitrogen and oxygen atoms in total. The van der Waals surface area contributed by atoms with Gasteiger partial charge in [0, 0.05) is 16.6 Å². The molecule has 34 heavy (non-hydrogen) atoms. The van der Waals surface area contributed by atoms with Crippen LogP contribution >= 0.6 is 0 Å². The van der Waals surface area contributed by atoms with Crippen LogP contribution in [0.25, 0.3) is 0 Å². The molecule has 2 heteroatoms. The molecule has 0 radical (unpaired) electrons. The van der Waals surface area contributed by atoms with Crippen molar-refractivity contribution in [1.29, 1.82) is 0 Å². The summed E-state index contributed by atoms with van der Waals surface area (Å²) in [6.07, 6.45) is 20.2. The fourth-order valence-electron chi connectivity index (χ4n) is 7.79. The molecule has 0 aromatic heterocycles. The molecule has 3 atom stereocenters. The molecule has 1 aliphatic heterocycles. The zero-order valence-electron chi connectivity index (χ0n) is 21.4. The normalized spacial score (nSPS) is 27.4. The van der Waals surface area contributed by atoms with E-state index in [1.807, 2.05) is 18.2 Å². The predicted octanol–water partition coefficient (Wildman–Crippen LogP) is 8.83. The molecule has 1 heterocycles. The fraction of sp³-hybridized carbons (Fsp3) is 0.625. The first-order chi connectivity index (χ1) is 16.8. The highest BCUT2D eigenvalue weighted by atomic mass is 16.5. The fourth-order valence-corrected chi connectivity index (χ4v) is 7.79. The Hall–Kier alpha value is -1.96. The summed E-state index contributed by atoms with van der Waals surface area (Å²) >= 11 is 0. The third kappa shape index (κ3) is 4.50. The van der Waals surface area contributed by atoms with Gasteiger partial charge in [0.05, 0.1) is 6.61 Å². The molecule has 2 aromatic rings. The molecule has 0 bridgehead atoms. The van der Waals surface area contributed by atoms with Gasteiger partial charge in [0.25, 0.3) is 0 Å². The topological polar surface area (TPSA) is 21.3 Å². The highest BCUT2D eigenvalue weighted by Gasteiger charge is 2.62. The number of anilines is 1. The summed E-state index contributed by atoms with van der Waals surface area (Å²) in [7, 11) is 0. The van der Waals surface area contributed by atoms with E-state index in [-0.39, 0.29) is 0 Å². The molecule has 1 N–H and O–H groups in total. The van der Waals surface area contributed by atoms with Gasteiger partial charge in [0.15, 0.2) is 0 Å². The van der Waals surface area contributed by atoms with Crippen LogP contribution in [0.1, 0.15) is 108 Å². The van der Waals surface area contributed by atoms with Crippen LogP contribution in [-0.4, -0.2) is 12.1 Å². The lowest BCUT2D eigenvalue weighted by Gasteiger charge is -2.57. The number of hydrogen-bond acceptors (Lipinski definition) is 2. The van der Waals surface area contributed by atoms with Gasteiger partial charge in [-0.15, -0.1) is 0 Å². The minimum atomic E-state index is 0.294. The standard InChI is InChI=1S/C32H45NO/c1-2-3-14-26-19-20-30-29(25-26)32-23-11-9-15-27(32)16-13-22-31(32,33-30)21-10-4-5-12-24-34-28-17-7-6-8-18-28/h6-8,17-20,25,27,33H,2-5,9-16,21-24H2,1H3/t27?,31-,32?/m1/s1. The van der Waals surface area contributed by atoms with E-state index in [4.69, 9.17) is 4.74 Å². The molecule has 1 spiro atoms. The van der Waals surface area contributed by atoms with Crippen molar-refractivity contribution in [2.75, 3.05) is 11.9 Å². The third-order valence-corrected chi connectivity index (χ3v) is 9.35. The number of unbranched alkanes of at least 4 members (excludes halogenated alkanes) is 4. The summed E-state index contributed by atoms with van der Waals surface area (Å²) in [6, 6.07) is 17.8. The van der Waals surface area contributed by atoms with E-state index < -0.39 is 0 Å². The first-order valence-electron chi connectivity index (χ1n) is 14.4. The van der Waals surface area contributed by atoms with E-state index in [0.717, 1.165) is 24.7 Å². The first-order valence-corrected chi connectivity index (χ1v) is 14.4. The number of ether oxygens (including phenoxy) is 1. The van der Waals surface area contributed by atoms with Crippen LogP contribution in [0.5, 0.6) is 5.75 Å². The largest absolute Gasteiger partial charge is 0.494 e. The summed E-state index contributed by atoms with van der Waals surface area (Å²) in [4.78, 5) is 0. The lowest BCUT2D eigenvalue weighted by atomic mass is 9.49. The number of aryl methyl sites for hydroxylation is 1. The van der Waals surface area contributed by atoms with Gasteiger partial charge in [-0.1, -0.05) is 82.2 Å². The van der Waals surface area contributed by atoms with E-state index >= 15 is 0 Å². The van der Waals surface area contributed by atoms with Crippen LogP contribution in [-0.2, 0) is 11.8 Å². The zero-order chi connectivity index (χ0) is 23.3. The summed E-state index contributed by atoms with van der Waals surface area (Å²) < 4.78 is 5.91. The molecule has 184 valence electrons. The second-order valence-corrected chi connectivity index (χ2v) is 11.3. The van der Waals surface area contributed by atoms with Gasteiger partial charge in [-0.05, 0) is 86.6 Å². The molecule has 2 saturated carbocycles. The number of para-hydroxylation sites is 1. The number of fused-ring (bicyclic) bond motifs is 1. The average molecular weight is 460 g/mol. The molecule has 2 aromatic carbocycles. The summed E-state index contributed by atoms with van der Waals surface area (Å²) in [5.74, 6) is 1.88. The van der Waals surface area contributed by atoms with Gasteiger partial charge in [-0.2, -0.15) is 0 Å². The van der Waals surface area contributed by atoms with Crippen LogP contribution in [0, 0.1) is 5.92 Å². The molecule has 5 rings (SSSR count). The van der Waals surface area contributed by atoms with Crippen molar-refractivity contribution < 1.29 is 4.74 Å². The molecule has 0 saturated heterocycles. The Kier molecular flexibility index (Phi) is 7.52. The van der Waals surface area contributed by atoms with Crippen molar-refractivity contribution >= 4 is 5.69 Å². The maximum atomic E-state index is 5.91. The van der Waals surface area contributed by atoms with E-state index in [1.54, 1.807) is 11.1 Å². The Morgan fingerprint density at radius 2 is 1.74 bits per heavy atom. The van der Waals surface area contributed by atoms with Gasteiger partial charge in [0.2, 0.25) is 0 Å². The Balaban J connectivity index is 1.25. The Morgan fingerprint density at radius 3 is 2.62 bits per heavy atom. The van der Waals surface area contributed by atoms with Crippen molar-refractivity contribution in [2.24, 2.45) is 5.92 Å². The lowest BCUT2D eigenvalue weighted by Crippen LogP contribution is -2.59. The number of rotatable bonds is 11. The predicted molar refractivity (Wildman–Crippen MR) is 144 cm³/mol. The second kappa shape index (κ2) is 10.8. The third-order valence-electron chi connectivity index (χ3n) is 9.35. The molecule has 0 amide bonds. The Bertz CT molecular complexity index is 922. The quantitative estimate of drug-likeness (QED) is 0.339. The van der Waals surface area contributed by atoms with E-state index in [1.165, 1.54) is 95.6 Å². The zero-order valence-corrected chi connectivity index (χ0v) is 21.4. The second-order valence-electron chi connectivity index (χ2n) is 11.3. The highest BCUT2D eigenvalue weighted by Crippen LogP contribution is 2.64. The van der Waals surface area contributed by atoms with Crippen molar-refractivity contribution in [2.45, 2.75) is 114 Å². The summed E-state index contributed by atoms with van der Waals surface area (Å²) in [5.41, 5.74) is 5.44. The number of benzene rings is 2. The van der Waals surface area contributed by atoms with Gasteiger partial charge in [-0.3, -0.25) is 0 Å². The maximum absolute atomic E-state index is 5.91. The van der Waals surface area contributed by atoms with Crippen LogP contribution in [0.15, 0.2) is 48.5 Å². The van der Waals surface area contributed by atoms with Crippen molar-refractivity contribution in [3.05, 3.63) is 59.7 Å². The lowest BCUT2D eigenvalue weighted by molar-refractivity contribution is 0.0514. The van der Waals surface area contributed by atoms with Crippen LogP contribution < -0.4 is 10.1 Å². The van der Waals surface area contributed by atoms with Gasteiger partial charge >= 0.3 is 0 Å². The van der Waals surface area contributed by atoms with Crippen LogP contribution in [0.3, 0.4) is 0 Å². The number of hydrogen-bond donors (Lipinski definition) is 1. The number of nitrogens with one attached hydrogen (secondary N) is 1. The summed E-state index contributed by atoms with van der Waals surface area (Å²) in [5, 5.41) is 4.22. The van der Waals surface area contributed by atoms with E-state index in [9.17, 15) is 0 Å². The monoisotopic (exact) mass is 459 g/mol. The van der Waals surface area contributed by atoms with E-state index in [0.29, 0.717) is 11.0 Å². The molecular weight excluding hydrogens is 414 g/mol. The summed E-state index contributed by atoms with van der Waals surface area (Å²) in [6.45, 7) is 3.15. The Morgan fingerprint density at radius 1 is 0.882 bits per heavy atom. The SMILES string of the molecule is CCCCc1ccc2c(c1)C13CCCCC1CCC[C@@]3(CCCCCCOc1ccccc1)N2. The van der Waals surface area contributed by atoms with Gasteiger partial charge < -0.3 is 10.1 Å². The molecular formula is C32H45NO. The molecule has 2 aliphatic carbocycles. The minimum Gasteiger partial charge on any atom is -0.494 e. The van der Waals surface area contributed by atoms with Crippen LogP contribution in [0.2, 0.25) is 0 Å². The first kappa shape index (κ1) is 23.8. The average Bonchev–Trinajstić information content (AvgIpc) is 3.16. The maximum Gasteiger partial charge on any atom is 0.119 e. The highest BCUT2D eigenvalue weighted by molar-refractivity contribution is 5.66. The van der Waals surface area contributed by atoms with Crippen molar-refractivity contribution in [3.63, 3.8) is 0 Å². The molecule has 2 fully saturated rings. The minimum absolute atomic E-state index is 0.294. The van der Waals surface area contributed by atoms with Crippen molar-refractivity contribution in [1.82, 2.24) is 0 Å². The molecule has 2 unspecified atom stereocenters.